The molecule has 0 aliphatic carbocycles. The molecule has 1 atom stereocenters. The second-order valence-corrected chi connectivity index (χ2v) is 13.4. The third kappa shape index (κ3) is 8.76. The summed E-state index contributed by atoms with van der Waals surface area (Å²) in [5.41, 5.74) is 2.19. The van der Waals surface area contributed by atoms with E-state index in [4.69, 9.17) is 4.74 Å². The molecule has 2 aliphatic heterocycles. The highest BCUT2D eigenvalue weighted by molar-refractivity contribution is 7.89. The SMILES string of the molecule is O=C(NCCN1CCOCC1)C(c1ccccc1)N(Cc1ccc(F)cc1)C(=O)CCc1ccc(S(=O)(=O)N2CCCC2)cc1. The smallest absolute Gasteiger partial charge is 0.247 e. The summed E-state index contributed by atoms with van der Waals surface area (Å²) in [7, 11) is -3.53. The molecule has 0 aromatic heterocycles. The number of morpholine rings is 1. The molecule has 3 aromatic rings. The van der Waals surface area contributed by atoms with Gasteiger partial charge in [0.25, 0.3) is 0 Å². The predicted octanol–water partition coefficient (Wildman–Crippen LogP) is 3.76. The molecular weight excluding hydrogens is 595 g/mol. The van der Waals surface area contributed by atoms with Crippen LogP contribution < -0.4 is 5.32 Å². The molecule has 0 spiro atoms. The minimum absolute atomic E-state index is 0.101. The Balaban J connectivity index is 1.33. The third-order valence-corrected chi connectivity index (χ3v) is 10.3. The zero-order valence-electron chi connectivity index (χ0n) is 25.4. The molecule has 0 bridgehead atoms. The first-order valence-electron chi connectivity index (χ1n) is 15.6. The van der Waals surface area contributed by atoms with Crippen molar-refractivity contribution >= 4 is 21.8 Å². The van der Waals surface area contributed by atoms with Crippen molar-refractivity contribution < 1.29 is 27.1 Å². The van der Waals surface area contributed by atoms with Crippen LogP contribution in [0.5, 0.6) is 0 Å². The van der Waals surface area contributed by atoms with E-state index in [1.807, 2.05) is 30.3 Å². The van der Waals surface area contributed by atoms with Gasteiger partial charge in [0.1, 0.15) is 11.9 Å². The molecule has 9 nitrogen and oxygen atoms in total. The number of hydrogen-bond donors (Lipinski definition) is 1. The second-order valence-electron chi connectivity index (χ2n) is 11.5. The number of aryl methyl sites for hydroxylation is 1. The number of nitrogens with one attached hydrogen (secondary N) is 1. The van der Waals surface area contributed by atoms with E-state index >= 15 is 0 Å². The molecule has 11 heteroatoms. The van der Waals surface area contributed by atoms with Crippen LogP contribution in [0.4, 0.5) is 4.39 Å². The molecule has 1 N–H and O–H groups in total. The molecule has 2 amide bonds. The highest BCUT2D eigenvalue weighted by Gasteiger charge is 2.32. The quantitative estimate of drug-likeness (QED) is 0.307. The van der Waals surface area contributed by atoms with Gasteiger partial charge < -0.3 is 15.0 Å². The fourth-order valence-corrected chi connectivity index (χ4v) is 7.29. The van der Waals surface area contributed by atoms with Crippen LogP contribution in [0.2, 0.25) is 0 Å². The summed E-state index contributed by atoms with van der Waals surface area (Å²) in [6.45, 7) is 5.21. The highest BCUT2D eigenvalue weighted by atomic mass is 32.2. The summed E-state index contributed by atoms with van der Waals surface area (Å²) in [5.74, 6) is -0.918. The topological polar surface area (TPSA) is 99.3 Å². The molecule has 2 heterocycles. The number of sulfonamides is 1. The van der Waals surface area contributed by atoms with Crippen molar-refractivity contribution in [1.29, 1.82) is 0 Å². The van der Waals surface area contributed by atoms with Gasteiger partial charge in [-0.3, -0.25) is 14.5 Å². The average Bonchev–Trinajstić information content (AvgIpc) is 3.62. The van der Waals surface area contributed by atoms with Gasteiger partial charge in [-0.25, -0.2) is 12.8 Å². The highest BCUT2D eigenvalue weighted by Crippen LogP contribution is 2.26. The van der Waals surface area contributed by atoms with Gasteiger partial charge in [-0.2, -0.15) is 4.31 Å². The Morgan fingerprint density at radius 1 is 0.867 bits per heavy atom. The molecule has 1 unspecified atom stereocenters. The summed E-state index contributed by atoms with van der Waals surface area (Å²) in [6.07, 6.45) is 2.19. The summed E-state index contributed by atoms with van der Waals surface area (Å²) >= 11 is 0. The van der Waals surface area contributed by atoms with Crippen LogP contribution in [-0.2, 0) is 37.3 Å². The number of nitrogens with zero attached hydrogens (tertiary/aromatic N) is 3. The van der Waals surface area contributed by atoms with Crippen molar-refractivity contribution in [2.45, 2.75) is 43.2 Å². The van der Waals surface area contributed by atoms with Gasteiger partial charge in [-0.15, -0.1) is 0 Å². The van der Waals surface area contributed by atoms with E-state index in [-0.39, 0.29) is 35.5 Å². The van der Waals surface area contributed by atoms with E-state index in [1.165, 1.54) is 16.4 Å². The first-order chi connectivity index (χ1) is 21.8. The van der Waals surface area contributed by atoms with Crippen LogP contribution in [0, 0.1) is 5.82 Å². The van der Waals surface area contributed by atoms with Crippen LogP contribution in [0.3, 0.4) is 0 Å². The summed E-state index contributed by atoms with van der Waals surface area (Å²) < 4.78 is 46.5. The molecule has 2 aliphatic rings. The lowest BCUT2D eigenvalue weighted by Crippen LogP contribution is -2.46. The van der Waals surface area contributed by atoms with Crippen molar-refractivity contribution in [2.75, 3.05) is 52.5 Å². The number of carbonyl (C=O) groups is 2. The zero-order valence-corrected chi connectivity index (χ0v) is 26.3. The normalized spacial score (nSPS) is 16.7. The van der Waals surface area contributed by atoms with Crippen LogP contribution in [-0.4, -0.2) is 86.8 Å². The molecule has 0 radical (unpaired) electrons. The average molecular weight is 637 g/mol. The number of amides is 2. The number of benzene rings is 3. The summed E-state index contributed by atoms with van der Waals surface area (Å²) in [4.78, 5) is 31.8. The van der Waals surface area contributed by atoms with Gasteiger partial charge in [-0.1, -0.05) is 54.6 Å². The van der Waals surface area contributed by atoms with E-state index in [1.54, 1.807) is 41.3 Å². The molecule has 2 saturated heterocycles. The monoisotopic (exact) mass is 636 g/mol. The van der Waals surface area contributed by atoms with E-state index in [9.17, 15) is 22.4 Å². The maximum Gasteiger partial charge on any atom is 0.247 e. The largest absolute Gasteiger partial charge is 0.379 e. The van der Waals surface area contributed by atoms with Crippen molar-refractivity contribution in [3.63, 3.8) is 0 Å². The summed E-state index contributed by atoms with van der Waals surface area (Å²) in [5, 5.41) is 3.04. The fourth-order valence-electron chi connectivity index (χ4n) is 5.78. The maximum atomic E-state index is 14.0. The van der Waals surface area contributed by atoms with Crippen LogP contribution in [0.15, 0.2) is 83.8 Å². The third-order valence-electron chi connectivity index (χ3n) is 8.35. The van der Waals surface area contributed by atoms with Gasteiger partial charge >= 0.3 is 0 Å². The standard InChI is InChI=1S/C34H41FN4O5S/c35-30-13-8-28(9-14-30)26-39(32(40)17-12-27-10-15-31(16-11-27)45(42,43)38-19-4-5-20-38)33(29-6-2-1-3-7-29)34(41)36-18-21-37-22-24-44-25-23-37/h1-3,6-11,13-16,33H,4-5,12,17-26H2,(H,36,41). The van der Waals surface area contributed by atoms with E-state index in [2.05, 4.69) is 10.2 Å². The Bertz CT molecular complexity index is 1510. The Hall–Kier alpha value is -3.64. The van der Waals surface area contributed by atoms with Crippen LogP contribution >= 0.6 is 0 Å². The Morgan fingerprint density at radius 2 is 1.51 bits per heavy atom. The Labute approximate surface area is 265 Å². The van der Waals surface area contributed by atoms with Gasteiger partial charge in [0.05, 0.1) is 18.1 Å². The van der Waals surface area contributed by atoms with Gasteiger partial charge in [0.2, 0.25) is 21.8 Å². The Kier molecular flexibility index (Phi) is 11.3. The first kappa shape index (κ1) is 32.7. The number of ether oxygens (including phenoxy) is 1. The molecule has 240 valence electrons. The van der Waals surface area contributed by atoms with Crippen molar-refractivity contribution in [3.05, 3.63) is 101 Å². The van der Waals surface area contributed by atoms with Crippen molar-refractivity contribution in [3.8, 4) is 0 Å². The molecule has 5 rings (SSSR count). The number of halogens is 1. The number of hydrogen-bond acceptors (Lipinski definition) is 6. The Morgan fingerprint density at radius 3 is 2.18 bits per heavy atom. The van der Waals surface area contributed by atoms with Gasteiger partial charge in [0, 0.05) is 52.2 Å². The predicted molar refractivity (Wildman–Crippen MR) is 169 cm³/mol. The molecule has 2 fully saturated rings. The lowest BCUT2D eigenvalue weighted by molar-refractivity contribution is -0.141. The molecule has 45 heavy (non-hydrogen) atoms. The van der Waals surface area contributed by atoms with Crippen molar-refractivity contribution in [1.82, 2.24) is 19.4 Å². The maximum absolute atomic E-state index is 14.0. The first-order valence-corrected chi connectivity index (χ1v) is 17.0. The van der Waals surface area contributed by atoms with Crippen molar-refractivity contribution in [2.24, 2.45) is 0 Å². The number of carbonyl (C=O) groups excluding carboxylic acids is 2. The lowest BCUT2D eigenvalue weighted by atomic mass is 10.0. The van der Waals surface area contributed by atoms with Gasteiger partial charge in [0.15, 0.2) is 0 Å². The molecular formula is C34H41FN4O5S. The van der Waals surface area contributed by atoms with E-state index in [0.29, 0.717) is 56.9 Å². The van der Waals surface area contributed by atoms with E-state index in [0.717, 1.165) is 31.5 Å². The minimum atomic E-state index is -3.53. The fraction of sp³-hybridized carbons (Fsp3) is 0.412. The second kappa shape index (κ2) is 15.6. The van der Waals surface area contributed by atoms with Crippen LogP contribution in [0.1, 0.15) is 42.0 Å². The summed E-state index contributed by atoms with van der Waals surface area (Å²) in [6, 6.07) is 20.9. The zero-order chi connectivity index (χ0) is 31.6. The van der Waals surface area contributed by atoms with Gasteiger partial charge in [-0.05, 0) is 60.2 Å². The lowest BCUT2D eigenvalue weighted by Gasteiger charge is -2.32. The number of rotatable bonds is 13. The minimum Gasteiger partial charge on any atom is -0.379 e. The van der Waals surface area contributed by atoms with Crippen LogP contribution in [0.25, 0.3) is 0 Å². The molecule has 0 saturated carbocycles. The molecule has 3 aromatic carbocycles. The van der Waals surface area contributed by atoms with E-state index < -0.39 is 16.1 Å².